The fourth-order valence-corrected chi connectivity index (χ4v) is 4.68. The monoisotopic (exact) mass is 573 g/mol. The molecule has 0 aliphatic carbocycles. The Morgan fingerprint density at radius 2 is 1.76 bits per heavy atom. The van der Waals surface area contributed by atoms with Gasteiger partial charge in [0.2, 0.25) is 5.91 Å². The van der Waals surface area contributed by atoms with E-state index in [-0.39, 0.29) is 32.6 Å². The number of carbonyl (C=O) groups is 3. The summed E-state index contributed by atoms with van der Waals surface area (Å²) in [5.41, 5.74) is 2.45. The van der Waals surface area contributed by atoms with E-state index in [4.69, 9.17) is 14.2 Å². The average Bonchev–Trinajstić information content (AvgIpc) is 2.97. The molecule has 1 aliphatic rings. The van der Waals surface area contributed by atoms with Crippen LogP contribution in [0.5, 0.6) is 11.5 Å². The van der Waals surface area contributed by atoms with E-state index in [1.54, 1.807) is 19.1 Å². The van der Waals surface area contributed by atoms with Crippen LogP contribution in [0.15, 0.2) is 42.5 Å². The maximum Gasteiger partial charge on any atom is 0.326 e. The summed E-state index contributed by atoms with van der Waals surface area (Å²) in [7, 11) is 2.98. The number of rotatable bonds is 15. The molecule has 13 heteroatoms. The Kier molecular flexibility index (Phi) is 11.3. The van der Waals surface area contributed by atoms with E-state index in [1.165, 1.54) is 19.1 Å². The summed E-state index contributed by atoms with van der Waals surface area (Å²) in [5.74, 6) is -1.34. The summed E-state index contributed by atoms with van der Waals surface area (Å²) in [5, 5.41) is 22.4. The number of aliphatic carboxylic acids is 1. The van der Waals surface area contributed by atoms with Crippen LogP contribution >= 0.6 is 0 Å². The molecule has 2 N–H and O–H groups in total. The van der Waals surface area contributed by atoms with Crippen molar-refractivity contribution in [2.45, 2.75) is 57.3 Å². The van der Waals surface area contributed by atoms with Crippen LogP contribution in [-0.4, -0.2) is 78.5 Å². The Morgan fingerprint density at radius 1 is 1.10 bits per heavy atom. The minimum atomic E-state index is -1.15. The molecule has 2 aromatic rings. The minimum absolute atomic E-state index is 0.0348. The molecule has 0 spiro atoms. The number of carbonyl (C=O) groups excluding carboxylic acids is 2. The van der Waals surface area contributed by atoms with Gasteiger partial charge in [-0.1, -0.05) is 30.3 Å². The molecule has 222 valence electrons. The summed E-state index contributed by atoms with van der Waals surface area (Å²) < 4.78 is 16.0. The number of benzene rings is 2. The standard InChI is InChI=1S/C28H35N3O10/c1-18(26(32)30-17-21-16-25(39-3)24(38-2)15-20(21)14-23(30)27(33)34)29-22(11-10-19-8-5-4-6-9-19)28(35)40-12-7-13-41-31(36)37/h4-6,8-9,15-16,18,22-23,29H,7,10-14,17H2,1-3H3,(H,33,34). The van der Waals surface area contributed by atoms with Crippen LogP contribution in [0.4, 0.5) is 0 Å². The number of carboxylic acid groups (broad SMARTS) is 1. The Balaban J connectivity index is 1.74. The van der Waals surface area contributed by atoms with Crippen molar-refractivity contribution in [3.05, 3.63) is 69.3 Å². The van der Waals surface area contributed by atoms with Crippen molar-refractivity contribution in [2.24, 2.45) is 0 Å². The number of aryl methyl sites for hydroxylation is 1. The van der Waals surface area contributed by atoms with Crippen molar-refractivity contribution in [2.75, 3.05) is 27.4 Å². The molecule has 1 heterocycles. The number of ether oxygens (including phenoxy) is 3. The number of amides is 1. The predicted molar refractivity (Wildman–Crippen MR) is 145 cm³/mol. The Hall–Kier alpha value is -4.39. The highest BCUT2D eigenvalue weighted by atomic mass is 16.9. The average molecular weight is 574 g/mol. The first-order valence-corrected chi connectivity index (χ1v) is 13.2. The van der Waals surface area contributed by atoms with E-state index >= 15 is 0 Å². The van der Waals surface area contributed by atoms with Crippen molar-refractivity contribution in [1.82, 2.24) is 10.2 Å². The van der Waals surface area contributed by atoms with Gasteiger partial charge in [0, 0.05) is 19.4 Å². The maximum atomic E-state index is 13.6. The second kappa shape index (κ2) is 14.8. The quantitative estimate of drug-likeness (QED) is 0.139. The third kappa shape index (κ3) is 8.55. The Bertz CT molecular complexity index is 1220. The fraction of sp³-hybridized carbons (Fsp3) is 0.464. The lowest BCUT2D eigenvalue weighted by molar-refractivity contribution is -0.757. The number of hydrogen-bond acceptors (Lipinski definition) is 10. The van der Waals surface area contributed by atoms with Crippen molar-refractivity contribution >= 4 is 17.8 Å². The van der Waals surface area contributed by atoms with E-state index < -0.39 is 41.1 Å². The molecular formula is C28H35N3O10. The lowest BCUT2D eigenvalue weighted by Gasteiger charge is -2.37. The van der Waals surface area contributed by atoms with Gasteiger partial charge in [0.05, 0.1) is 33.5 Å². The van der Waals surface area contributed by atoms with Crippen molar-refractivity contribution in [1.29, 1.82) is 0 Å². The number of nitrogens with one attached hydrogen (secondary N) is 1. The van der Waals surface area contributed by atoms with Gasteiger partial charge >= 0.3 is 11.9 Å². The van der Waals surface area contributed by atoms with Crippen LogP contribution in [0.3, 0.4) is 0 Å². The minimum Gasteiger partial charge on any atom is -0.493 e. The van der Waals surface area contributed by atoms with Crippen LogP contribution in [0.2, 0.25) is 0 Å². The van der Waals surface area contributed by atoms with Gasteiger partial charge in [0.15, 0.2) is 11.5 Å². The third-order valence-electron chi connectivity index (χ3n) is 6.80. The molecule has 0 bridgehead atoms. The zero-order valence-corrected chi connectivity index (χ0v) is 23.2. The maximum absolute atomic E-state index is 13.6. The van der Waals surface area contributed by atoms with Gasteiger partial charge in [-0.2, -0.15) is 0 Å². The molecular weight excluding hydrogens is 538 g/mol. The molecule has 41 heavy (non-hydrogen) atoms. The molecule has 3 rings (SSSR count). The second-order valence-electron chi connectivity index (χ2n) is 9.54. The van der Waals surface area contributed by atoms with Gasteiger partial charge < -0.3 is 29.1 Å². The lowest BCUT2D eigenvalue weighted by Crippen LogP contribution is -2.56. The summed E-state index contributed by atoms with van der Waals surface area (Å²) in [6, 6.07) is 9.98. The number of hydrogen-bond donors (Lipinski definition) is 2. The van der Waals surface area contributed by atoms with E-state index in [9.17, 15) is 29.6 Å². The zero-order valence-electron chi connectivity index (χ0n) is 23.2. The Labute approximate surface area is 237 Å². The van der Waals surface area contributed by atoms with E-state index in [0.717, 1.165) is 16.7 Å². The first-order chi connectivity index (χ1) is 19.6. The number of nitrogens with zero attached hydrogens (tertiary/aromatic N) is 2. The lowest BCUT2D eigenvalue weighted by atomic mass is 9.92. The van der Waals surface area contributed by atoms with Gasteiger partial charge in [-0.05, 0) is 48.6 Å². The molecule has 0 saturated carbocycles. The third-order valence-corrected chi connectivity index (χ3v) is 6.80. The summed E-state index contributed by atoms with van der Waals surface area (Å²) in [6.07, 6.45) is 1.01. The van der Waals surface area contributed by atoms with Gasteiger partial charge in [-0.15, -0.1) is 10.1 Å². The fourth-order valence-electron chi connectivity index (χ4n) is 4.68. The highest BCUT2D eigenvalue weighted by Crippen LogP contribution is 2.35. The molecule has 1 amide bonds. The van der Waals surface area contributed by atoms with Crippen LogP contribution in [-0.2, 0) is 43.3 Å². The number of fused-ring (bicyclic) bond motifs is 1. The molecule has 0 saturated heterocycles. The highest BCUT2D eigenvalue weighted by molar-refractivity contribution is 5.88. The van der Waals surface area contributed by atoms with Gasteiger partial charge in [-0.25, -0.2) is 4.79 Å². The Morgan fingerprint density at radius 3 is 2.37 bits per heavy atom. The molecule has 0 fully saturated rings. The van der Waals surface area contributed by atoms with Crippen LogP contribution in [0.25, 0.3) is 0 Å². The number of esters is 1. The molecule has 2 aromatic carbocycles. The van der Waals surface area contributed by atoms with Crippen LogP contribution < -0.4 is 14.8 Å². The molecule has 3 unspecified atom stereocenters. The van der Waals surface area contributed by atoms with E-state index in [1.807, 2.05) is 30.3 Å². The van der Waals surface area contributed by atoms with Crippen molar-refractivity contribution in [3.8, 4) is 11.5 Å². The van der Waals surface area contributed by atoms with Gasteiger partial charge in [0.25, 0.3) is 5.09 Å². The molecule has 1 aliphatic heterocycles. The van der Waals surface area contributed by atoms with Gasteiger partial charge in [-0.3, -0.25) is 14.9 Å². The predicted octanol–water partition coefficient (Wildman–Crippen LogP) is 2.16. The zero-order chi connectivity index (χ0) is 29.9. The number of carboxylic acids is 1. The van der Waals surface area contributed by atoms with Crippen molar-refractivity contribution < 1.29 is 43.6 Å². The van der Waals surface area contributed by atoms with Crippen molar-refractivity contribution in [3.63, 3.8) is 0 Å². The topological polar surface area (TPSA) is 167 Å². The summed E-state index contributed by atoms with van der Waals surface area (Å²) in [6.45, 7) is 1.28. The first-order valence-electron chi connectivity index (χ1n) is 13.2. The van der Waals surface area contributed by atoms with Crippen LogP contribution in [0.1, 0.15) is 36.5 Å². The normalized spacial score (nSPS) is 15.7. The second-order valence-corrected chi connectivity index (χ2v) is 9.54. The van der Waals surface area contributed by atoms with Gasteiger partial charge in [0.1, 0.15) is 12.1 Å². The first kappa shape index (κ1) is 31.1. The van der Waals surface area contributed by atoms with E-state index in [2.05, 4.69) is 10.2 Å². The molecule has 0 radical (unpaired) electrons. The van der Waals surface area contributed by atoms with E-state index in [0.29, 0.717) is 24.3 Å². The van der Waals surface area contributed by atoms with Crippen LogP contribution in [0, 0.1) is 10.1 Å². The SMILES string of the molecule is COc1cc2c(cc1OC)CN(C(=O)C(C)NC(CCc1ccccc1)C(=O)OCCCO[N+](=O)[O-])C(C(=O)O)C2. The molecule has 13 nitrogen and oxygen atoms in total. The summed E-state index contributed by atoms with van der Waals surface area (Å²) in [4.78, 5) is 54.6. The highest BCUT2D eigenvalue weighted by Gasteiger charge is 2.38. The summed E-state index contributed by atoms with van der Waals surface area (Å²) >= 11 is 0. The number of methoxy groups -OCH3 is 2. The molecule has 3 atom stereocenters. The smallest absolute Gasteiger partial charge is 0.326 e. The molecule has 0 aromatic heterocycles. The largest absolute Gasteiger partial charge is 0.493 e.